The Labute approximate surface area is 224 Å². The van der Waals surface area contributed by atoms with E-state index >= 15 is 0 Å². The summed E-state index contributed by atoms with van der Waals surface area (Å²) in [7, 11) is 0. The lowest BCUT2D eigenvalue weighted by Gasteiger charge is -2.12. The molecule has 4 rings (SSSR count). The van der Waals surface area contributed by atoms with E-state index in [4.69, 9.17) is 4.74 Å². The molecular formula is C23H16Br3N5O4. The number of fused-ring (bicyclic) bond motifs is 1. The second kappa shape index (κ2) is 10.3. The maximum Gasteiger partial charge on any atom is 0.287 e. The number of hydrogen-bond donors (Lipinski definition) is 0. The third-order valence-electron chi connectivity index (χ3n) is 4.83. The lowest BCUT2D eigenvalue weighted by Crippen LogP contribution is -2.23. The van der Waals surface area contributed by atoms with E-state index in [0.29, 0.717) is 37.0 Å². The molecule has 178 valence electrons. The van der Waals surface area contributed by atoms with Crippen LogP contribution in [-0.4, -0.2) is 25.8 Å². The molecule has 4 aromatic rings. The molecule has 2 heterocycles. The summed E-state index contributed by atoms with van der Waals surface area (Å²) in [5.41, 5.74) is 0.899. The minimum absolute atomic E-state index is 0.0312. The van der Waals surface area contributed by atoms with E-state index in [0.717, 1.165) is 10.7 Å². The Morgan fingerprint density at radius 1 is 1.11 bits per heavy atom. The molecule has 0 aliphatic heterocycles. The summed E-state index contributed by atoms with van der Waals surface area (Å²) in [6, 6.07) is 11.6. The summed E-state index contributed by atoms with van der Waals surface area (Å²) in [5, 5.41) is 15.7. The van der Waals surface area contributed by atoms with Crippen LogP contribution < -0.4 is 10.3 Å². The summed E-state index contributed by atoms with van der Waals surface area (Å²) in [6.45, 7) is 3.90. The van der Waals surface area contributed by atoms with E-state index in [9.17, 15) is 14.9 Å². The van der Waals surface area contributed by atoms with Crippen LogP contribution in [0.3, 0.4) is 0 Å². The van der Waals surface area contributed by atoms with Gasteiger partial charge in [0, 0.05) is 22.5 Å². The lowest BCUT2D eigenvalue weighted by molar-refractivity contribution is -0.385. The molecule has 0 fully saturated rings. The van der Waals surface area contributed by atoms with Gasteiger partial charge in [0.15, 0.2) is 5.75 Å². The van der Waals surface area contributed by atoms with Crippen molar-refractivity contribution in [1.29, 1.82) is 0 Å². The van der Waals surface area contributed by atoms with Gasteiger partial charge in [-0.25, -0.2) is 9.97 Å². The predicted octanol–water partition coefficient (Wildman–Crippen LogP) is 6.79. The standard InChI is InChI=1S/C23H16Br3N5O4/c1-12(2)22-29-19-5-3-14(24)9-16(19)23(32)30(22)28-10-13-7-17(25)21(18(26)8-13)35-20-6-4-15(11-27-20)31(33)34/h3-12H,1-2H3. The van der Waals surface area contributed by atoms with E-state index in [1.165, 1.54) is 16.8 Å². The fraction of sp³-hybridized carbons (Fsp3) is 0.130. The van der Waals surface area contributed by atoms with Crippen LogP contribution in [-0.2, 0) is 0 Å². The van der Waals surface area contributed by atoms with Crippen molar-refractivity contribution in [3.63, 3.8) is 0 Å². The number of benzene rings is 2. The minimum atomic E-state index is -0.531. The quantitative estimate of drug-likeness (QED) is 0.127. The van der Waals surface area contributed by atoms with Gasteiger partial charge in [0.1, 0.15) is 12.0 Å². The molecule has 0 radical (unpaired) electrons. The van der Waals surface area contributed by atoms with Gasteiger partial charge in [-0.15, -0.1) is 0 Å². The lowest BCUT2D eigenvalue weighted by atomic mass is 10.2. The van der Waals surface area contributed by atoms with E-state index in [2.05, 4.69) is 62.9 Å². The SMILES string of the molecule is CC(C)c1nc2ccc(Br)cc2c(=O)n1N=Cc1cc(Br)c(Oc2ccc([N+](=O)[O-])cn2)c(Br)c1. The molecule has 12 heteroatoms. The summed E-state index contributed by atoms with van der Waals surface area (Å²) >= 11 is 10.3. The molecule has 2 aromatic heterocycles. The molecule has 0 aliphatic carbocycles. The van der Waals surface area contributed by atoms with Crippen molar-refractivity contribution < 1.29 is 9.66 Å². The van der Waals surface area contributed by atoms with Gasteiger partial charge in [0.2, 0.25) is 5.88 Å². The maximum absolute atomic E-state index is 13.2. The van der Waals surface area contributed by atoms with Gasteiger partial charge < -0.3 is 4.74 Å². The Morgan fingerprint density at radius 3 is 2.43 bits per heavy atom. The first kappa shape index (κ1) is 25.1. The minimum Gasteiger partial charge on any atom is -0.437 e. The first-order valence-electron chi connectivity index (χ1n) is 10.2. The highest BCUT2D eigenvalue weighted by Crippen LogP contribution is 2.37. The third kappa shape index (κ3) is 5.49. The number of nitrogens with zero attached hydrogens (tertiary/aromatic N) is 5. The molecule has 9 nitrogen and oxygen atoms in total. The highest BCUT2D eigenvalue weighted by molar-refractivity contribution is 9.11. The highest BCUT2D eigenvalue weighted by atomic mass is 79.9. The topological polar surface area (TPSA) is 113 Å². The average molecular weight is 666 g/mol. The van der Waals surface area contributed by atoms with Crippen LogP contribution in [0, 0.1) is 10.1 Å². The molecule has 0 bridgehead atoms. The summed E-state index contributed by atoms with van der Waals surface area (Å²) < 4.78 is 9.05. The average Bonchev–Trinajstić information content (AvgIpc) is 2.81. The molecule has 0 spiro atoms. The zero-order valence-electron chi connectivity index (χ0n) is 18.3. The zero-order valence-corrected chi connectivity index (χ0v) is 23.0. The first-order chi connectivity index (χ1) is 16.6. The van der Waals surface area contributed by atoms with Gasteiger partial charge >= 0.3 is 0 Å². The van der Waals surface area contributed by atoms with Crippen LogP contribution in [0.4, 0.5) is 5.69 Å². The maximum atomic E-state index is 13.2. The number of nitro groups is 1. The Hall–Kier alpha value is -2.96. The monoisotopic (exact) mass is 663 g/mol. The van der Waals surface area contributed by atoms with Gasteiger partial charge in [-0.1, -0.05) is 29.8 Å². The second-order valence-electron chi connectivity index (χ2n) is 7.68. The molecule has 0 saturated heterocycles. The number of rotatable bonds is 6. The molecular weight excluding hydrogens is 650 g/mol. The fourth-order valence-electron chi connectivity index (χ4n) is 3.17. The Morgan fingerprint density at radius 2 is 1.83 bits per heavy atom. The number of pyridine rings is 1. The van der Waals surface area contributed by atoms with Crippen molar-refractivity contribution in [2.45, 2.75) is 19.8 Å². The van der Waals surface area contributed by atoms with Crippen LogP contribution in [0.1, 0.15) is 31.2 Å². The molecule has 0 atom stereocenters. The van der Waals surface area contributed by atoms with Crippen molar-refractivity contribution in [2.75, 3.05) is 0 Å². The van der Waals surface area contributed by atoms with Crippen LogP contribution in [0.25, 0.3) is 10.9 Å². The van der Waals surface area contributed by atoms with Crippen LogP contribution >= 0.6 is 47.8 Å². The first-order valence-corrected chi connectivity index (χ1v) is 12.6. The normalized spacial score (nSPS) is 11.5. The van der Waals surface area contributed by atoms with Gasteiger partial charge in [0.25, 0.3) is 11.2 Å². The van der Waals surface area contributed by atoms with E-state index in [1.807, 2.05) is 19.9 Å². The van der Waals surface area contributed by atoms with Gasteiger partial charge in [0.05, 0.1) is 31.0 Å². The van der Waals surface area contributed by atoms with Crippen molar-refractivity contribution >= 4 is 70.6 Å². The molecule has 2 aromatic carbocycles. The summed E-state index contributed by atoms with van der Waals surface area (Å²) in [4.78, 5) is 32.1. The molecule has 0 amide bonds. The molecule has 35 heavy (non-hydrogen) atoms. The summed E-state index contributed by atoms with van der Waals surface area (Å²) in [6.07, 6.45) is 2.68. The Bertz CT molecular complexity index is 1510. The smallest absolute Gasteiger partial charge is 0.287 e. The van der Waals surface area contributed by atoms with Crippen molar-refractivity contribution in [3.05, 3.63) is 93.9 Å². The number of halogens is 3. The molecule has 0 saturated carbocycles. The second-order valence-corrected chi connectivity index (χ2v) is 10.3. The van der Waals surface area contributed by atoms with Crippen molar-refractivity contribution in [3.8, 4) is 11.6 Å². The van der Waals surface area contributed by atoms with Crippen LogP contribution in [0.5, 0.6) is 11.6 Å². The Balaban J connectivity index is 1.68. The number of aromatic nitrogens is 3. The highest BCUT2D eigenvalue weighted by Gasteiger charge is 2.15. The van der Waals surface area contributed by atoms with E-state index in [-0.39, 0.29) is 23.0 Å². The zero-order chi connectivity index (χ0) is 25.3. The summed E-state index contributed by atoms with van der Waals surface area (Å²) in [5.74, 6) is 1.14. The van der Waals surface area contributed by atoms with Crippen molar-refractivity contribution in [2.24, 2.45) is 5.10 Å². The molecule has 0 unspecified atom stereocenters. The number of hydrogen-bond acceptors (Lipinski definition) is 7. The van der Waals surface area contributed by atoms with E-state index in [1.54, 1.807) is 30.5 Å². The molecule has 0 aliphatic rings. The van der Waals surface area contributed by atoms with Crippen LogP contribution in [0.2, 0.25) is 0 Å². The van der Waals surface area contributed by atoms with Gasteiger partial charge in [-0.3, -0.25) is 14.9 Å². The molecule has 0 N–H and O–H groups in total. The predicted molar refractivity (Wildman–Crippen MR) is 144 cm³/mol. The van der Waals surface area contributed by atoms with E-state index < -0.39 is 4.92 Å². The van der Waals surface area contributed by atoms with Gasteiger partial charge in [-0.2, -0.15) is 9.78 Å². The van der Waals surface area contributed by atoms with Gasteiger partial charge in [-0.05, 0) is 67.8 Å². The Kier molecular flexibility index (Phi) is 7.43. The number of ether oxygens (including phenoxy) is 1. The largest absolute Gasteiger partial charge is 0.437 e. The third-order valence-corrected chi connectivity index (χ3v) is 6.50. The fourth-order valence-corrected chi connectivity index (χ4v) is 4.92. The van der Waals surface area contributed by atoms with Crippen molar-refractivity contribution in [1.82, 2.24) is 14.6 Å². The van der Waals surface area contributed by atoms with Crippen LogP contribution in [0.15, 0.2) is 72.0 Å².